The van der Waals surface area contributed by atoms with Crippen molar-refractivity contribution in [1.82, 2.24) is 9.88 Å². The zero-order valence-corrected chi connectivity index (χ0v) is 11.9. The van der Waals surface area contributed by atoms with Crippen molar-refractivity contribution < 1.29 is 19.0 Å². The van der Waals surface area contributed by atoms with Gasteiger partial charge in [0.1, 0.15) is 11.3 Å². The molecule has 1 aromatic heterocycles. The Morgan fingerprint density at radius 3 is 2.75 bits per heavy atom. The highest BCUT2D eigenvalue weighted by molar-refractivity contribution is 5.68. The van der Waals surface area contributed by atoms with Gasteiger partial charge in [0.15, 0.2) is 11.6 Å². The highest BCUT2D eigenvalue weighted by Crippen LogP contribution is 2.12. The molecular weight excluding hydrogens is 263 g/mol. The van der Waals surface area contributed by atoms with E-state index < -0.39 is 23.3 Å². The van der Waals surface area contributed by atoms with Crippen molar-refractivity contribution in [1.29, 1.82) is 0 Å². The fraction of sp³-hybridized carbons (Fsp3) is 0.429. The van der Waals surface area contributed by atoms with Gasteiger partial charge >= 0.3 is 6.09 Å². The number of rotatable bonds is 1. The third kappa shape index (κ3) is 5.14. The molecule has 108 valence electrons. The van der Waals surface area contributed by atoms with E-state index in [2.05, 4.69) is 16.8 Å². The molecule has 0 saturated heterocycles. The van der Waals surface area contributed by atoms with Crippen molar-refractivity contribution in [2.75, 3.05) is 13.6 Å². The zero-order chi connectivity index (χ0) is 15.3. The number of halogens is 1. The monoisotopic (exact) mass is 280 g/mol. The van der Waals surface area contributed by atoms with Crippen LogP contribution in [-0.4, -0.2) is 40.3 Å². The molecule has 1 N–H and O–H groups in total. The molecule has 0 aromatic carbocycles. The molecule has 6 heteroatoms. The Labute approximate surface area is 117 Å². The molecule has 1 rings (SSSR count). The zero-order valence-electron chi connectivity index (χ0n) is 11.9. The average molecular weight is 280 g/mol. The predicted octanol–water partition coefficient (Wildman–Crippen LogP) is 2.14. The Morgan fingerprint density at radius 2 is 2.20 bits per heavy atom. The molecule has 0 radical (unpaired) electrons. The summed E-state index contributed by atoms with van der Waals surface area (Å²) in [6.45, 7) is 5.44. The summed E-state index contributed by atoms with van der Waals surface area (Å²) in [5, 5.41) is 8.98. The summed E-state index contributed by atoms with van der Waals surface area (Å²) in [7, 11) is 1.55. The third-order valence-corrected chi connectivity index (χ3v) is 2.07. The van der Waals surface area contributed by atoms with E-state index in [1.165, 1.54) is 4.90 Å². The van der Waals surface area contributed by atoms with E-state index in [1.54, 1.807) is 27.8 Å². The summed E-state index contributed by atoms with van der Waals surface area (Å²) in [4.78, 5) is 16.7. The van der Waals surface area contributed by atoms with Gasteiger partial charge in [0.2, 0.25) is 0 Å². The number of hydrogen-bond donors (Lipinski definition) is 1. The van der Waals surface area contributed by atoms with Crippen molar-refractivity contribution >= 4 is 6.09 Å². The first-order chi connectivity index (χ1) is 9.19. The Balaban J connectivity index is 2.61. The molecule has 0 aliphatic heterocycles. The van der Waals surface area contributed by atoms with E-state index in [1.807, 2.05) is 0 Å². The first kappa shape index (κ1) is 15.8. The molecule has 0 bridgehead atoms. The van der Waals surface area contributed by atoms with E-state index in [0.717, 1.165) is 12.3 Å². The van der Waals surface area contributed by atoms with Crippen LogP contribution in [0.2, 0.25) is 0 Å². The van der Waals surface area contributed by atoms with Gasteiger partial charge in [-0.05, 0) is 26.7 Å². The molecule has 20 heavy (non-hydrogen) atoms. The first-order valence-corrected chi connectivity index (χ1v) is 5.96. The minimum absolute atomic E-state index is 0.124. The molecule has 0 unspecified atom stereocenters. The lowest BCUT2D eigenvalue weighted by Gasteiger charge is -2.23. The fourth-order valence-electron chi connectivity index (χ4n) is 1.15. The minimum Gasteiger partial charge on any atom is -0.504 e. The standard InChI is InChI=1S/C14H17FN2O3/c1-14(2,3)20-13(19)17(4)7-5-6-10-8-11(15)12(18)9-16-10/h8-9,18H,7H2,1-4H3. The summed E-state index contributed by atoms with van der Waals surface area (Å²) in [5.74, 6) is 3.97. The third-order valence-electron chi connectivity index (χ3n) is 2.07. The second-order valence-electron chi connectivity index (χ2n) is 5.16. The second kappa shape index (κ2) is 6.24. The maximum absolute atomic E-state index is 13.0. The van der Waals surface area contributed by atoms with Crippen molar-refractivity contribution in [2.24, 2.45) is 0 Å². The van der Waals surface area contributed by atoms with Crippen LogP contribution in [0.5, 0.6) is 5.75 Å². The summed E-state index contributed by atoms with van der Waals surface area (Å²) >= 11 is 0. The summed E-state index contributed by atoms with van der Waals surface area (Å²) in [5.41, 5.74) is -0.390. The molecule has 0 aliphatic rings. The Kier molecular flexibility index (Phi) is 4.92. The SMILES string of the molecule is CN(CC#Cc1cc(F)c(O)cn1)C(=O)OC(C)(C)C. The number of hydrogen-bond acceptors (Lipinski definition) is 4. The molecule has 0 spiro atoms. The predicted molar refractivity (Wildman–Crippen MR) is 71.6 cm³/mol. The van der Waals surface area contributed by atoms with Gasteiger partial charge in [-0.15, -0.1) is 0 Å². The number of aromatic hydroxyl groups is 1. The Hall–Kier alpha value is -2.29. The van der Waals surface area contributed by atoms with Crippen molar-refractivity contribution in [2.45, 2.75) is 26.4 Å². The van der Waals surface area contributed by atoms with Crippen molar-refractivity contribution in [3.05, 3.63) is 23.8 Å². The number of amides is 1. The van der Waals surface area contributed by atoms with Gasteiger partial charge in [-0.25, -0.2) is 14.2 Å². The smallest absolute Gasteiger partial charge is 0.410 e. The van der Waals surface area contributed by atoms with Gasteiger partial charge in [-0.1, -0.05) is 5.92 Å². The maximum atomic E-state index is 13.0. The number of ether oxygens (including phenoxy) is 1. The lowest BCUT2D eigenvalue weighted by atomic mass is 10.2. The molecule has 1 aromatic rings. The number of carbonyl (C=O) groups excluding carboxylic acids is 1. The van der Waals surface area contributed by atoms with E-state index in [4.69, 9.17) is 9.84 Å². The van der Waals surface area contributed by atoms with Crippen LogP contribution in [0, 0.1) is 17.7 Å². The highest BCUT2D eigenvalue weighted by Gasteiger charge is 2.18. The van der Waals surface area contributed by atoms with Crippen LogP contribution in [0.15, 0.2) is 12.3 Å². The van der Waals surface area contributed by atoms with Crippen LogP contribution < -0.4 is 0 Å². The average Bonchev–Trinajstić information content (AvgIpc) is 2.31. The summed E-state index contributed by atoms with van der Waals surface area (Å²) in [6.07, 6.45) is 0.494. The Morgan fingerprint density at radius 1 is 1.55 bits per heavy atom. The number of pyridine rings is 1. The summed E-state index contributed by atoms with van der Waals surface area (Å²) in [6, 6.07) is 1.02. The van der Waals surface area contributed by atoms with Crippen LogP contribution in [0.3, 0.4) is 0 Å². The van der Waals surface area contributed by atoms with Crippen LogP contribution in [-0.2, 0) is 4.74 Å². The molecule has 5 nitrogen and oxygen atoms in total. The first-order valence-electron chi connectivity index (χ1n) is 5.96. The summed E-state index contributed by atoms with van der Waals surface area (Å²) < 4.78 is 18.2. The van der Waals surface area contributed by atoms with Crippen molar-refractivity contribution in [3.8, 4) is 17.6 Å². The Bertz CT molecular complexity index is 556. The van der Waals surface area contributed by atoms with Gasteiger partial charge in [-0.3, -0.25) is 0 Å². The fourth-order valence-corrected chi connectivity index (χ4v) is 1.15. The second-order valence-corrected chi connectivity index (χ2v) is 5.16. The van der Waals surface area contributed by atoms with Crippen LogP contribution in [0.25, 0.3) is 0 Å². The quantitative estimate of drug-likeness (QED) is 0.801. The van der Waals surface area contributed by atoms with E-state index in [-0.39, 0.29) is 12.2 Å². The topological polar surface area (TPSA) is 62.7 Å². The normalized spacial score (nSPS) is 10.4. The largest absolute Gasteiger partial charge is 0.504 e. The molecule has 0 atom stereocenters. The molecule has 0 fully saturated rings. The van der Waals surface area contributed by atoms with Crippen molar-refractivity contribution in [3.63, 3.8) is 0 Å². The minimum atomic E-state index is -0.787. The molecule has 1 amide bonds. The van der Waals surface area contributed by atoms with Gasteiger partial charge in [0.05, 0.1) is 12.7 Å². The van der Waals surface area contributed by atoms with Crippen LogP contribution >= 0.6 is 0 Å². The van der Waals surface area contributed by atoms with Crippen LogP contribution in [0.1, 0.15) is 26.5 Å². The van der Waals surface area contributed by atoms with E-state index >= 15 is 0 Å². The number of carbonyl (C=O) groups is 1. The molecular formula is C14H17FN2O3. The molecule has 1 heterocycles. The number of aromatic nitrogens is 1. The maximum Gasteiger partial charge on any atom is 0.410 e. The molecule has 0 aliphatic carbocycles. The van der Waals surface area contributed by atoms with E-state index in [0.29, 0.717) is 0 Å². The van der Waals surface area contributed by atoms with Gasteiger partial charge in [0, 0.05) is 13.1 Å². The van der Waals surface area contributed by atoms with E-state index in [9.17, 15) is 9.18 Å². The van der Waals surface area contributed by atoms with Crippen LogP contribution in [0.4, 0.5) is 9.18 Å². The molecule has 0 saturated carbocycles. The van der Waals surface area contributed by atoms with Gasteiger partial charge in [-0.2, -0.15) is 0 Å². The number of nitrogens with zero attached hydrogens (tertiary/aromatic N) is 2. The van der Waals surface area contributed by atoms with Gasteiger partial charge < -0.3 is 14.7 Å². The lowest BCUT2D eigenvalue weighted by Crippen LogP contribution is -2.34. The van der Waals surface area contributed by atoms with Gasteiger partial charge in [0.25, 0.3) is 0 Å². The highest BCUT2D eigenvalue weighted by atomic mass is 19.1. The lowest BCUT2D eigenvalue weighted by molar-refractivity contribution is 0.0321.